The van der Waals surface area contributed by atoms with E-state index >= 15 is 0 Å². The number of hydrogen-bond acceptors (Lipinski definition) is 3. The van der Waals surface area contributed by atoms with Gasteiger partial charge in [-0.25, -0.2) is 4.39 Å². The molecule has 140 valence electrons. The average molecular weight is 370 g/mol. The fourth-order valence-electron chi connectivity index (χ4n) is 3.51. The molecule has 0 radical (unpaired) electrons. The summed E-state index contributed by atoms with van der Waals surface area (Å²) >= 11 is 0. The Hall–Kier alpha value is -0.615. The lowest BCUT2D eigenvalue weighted by Crippen LogP contribution is -2.41. The molecule has 25 heavy (non-hydrogen) atoms. The summed E-state index contributed by atoms with van der Waals surface area (Å²) in [5.74, 6) is -0.189. The normalized spacial score (nSPS) is 22.7. The van der Waals surface area contributed by atoms with Crippen LogP contribution in [0.3, 0.4) is 0 Å². The summed E-state index contributed by atoms with van der Waals surface area (Å²) in [6, 6.07) is 5.67. The molecule has 1 aromatic rings. The van der Waals surface area contributed by atoms with Gasteiger partial charge in [0, 0.05) is 18.2 Å². The molecule has 1 saturated carbocycles. The number of nitrogens with one attached hydrogen (secondary N) is 1. The van der Waals surface area contributed by atoms with Crippen LogP contribution in [-0.2, 0) is 15.9 Å². The van der Waals surface area contributed by atoms with Crippen molar-refractivity contribution in [1.29, 1.82) is 0 Å². The quantitative estimate of drug-likeness (QED) is 0.815. The van der Waals surface area contributed by atoms with Gasteiger partial charge in [-0.2, -0.15) is 0 Å². The molecule has 1 saturated heterocycles. The highest BCUT2D eigenvalue weighted by atomic mass is 35.5. The maximum Gasteiger partial charge on any atom is 0.495 e. The van der Waals surface area contributed by atoms with Crippen molar-refractivity contribution in [2.24, 2.45) is 0 Å². The Kier molecular flexibility index (Phi) is 6.58. The maximum absolute atomic E-state index is 14.5. The third-order valence-corrected chi connectivity index (χ3v) is 5.83. The van der Waals surface area contributed by atoms with E-state index in [9.17, 15) is 4.39 Å². The molecule has 0 atom stereocenters. The molecule has 1 heterocycles. The second-order valence-corrected chi connectivity index (χ2v) is 8.11. The zero-order valence-electron chi connectivity index (χ0n) is 15.7. The molecule has 6 heteroatoms. The Labute approximate surface area is 157 Å². The van der Waals surface area contributed by atoms with Gasteiger partial charge in [-0.3, -0.25) is 0 Å². The molecule has 1 N–H and O–H groups in total. The first-order valence-corrected chi connectivity index (χ1v) is 9.16. The van der Waals surface area contributed by atoms with Crippen molar-refractivity contribution in [3.8, 4) is 0 Å². The standard InChI is InChI=1S/C19H29BFNO2.ClH/c1-18(2)19(3,4)24-20(23-18)16-11-8-12-17(21)15(16)13-22-14-9-6-5-7-10-14;/h8,11-12,14,22H,5-7,9-10,13H2,1-4H3;1H. The van der Waals surface area contributed by atoms with Crippen LogP contribution in [0.25, 0.3) is 0 Å². The van der Waals surface area contributed by atoms with Gasteiger partial charge < -0.3 is 14.6 Å². The van der Waals surface area contributed by atoms with E-state index in [0.29, 0.717) is 18.2 Å². The van der Waals surface area contributed by atoms with E-state index in [1.165, 1.54) is 38.2 Å². The minimum atomic E-state index is -0.520. The zero-order valence-corrected chi connectivity index (χ0v) is 16.5. The number of rotatable bonds is 4. The minimum absolute atomic E-state index is 0. The van der Waals surface area contributed by atoms with Crippen molar-refractivity contribution in [2.75, 3.05) is 0 Å². The van der Waals surface area contributed by atoms with Crippen LogP contribution in [0, 0.1) is 5.82 Å². The fourth-order valence-corrected chi connectivity index (χ4v) is 3.51. The summed E-state index contributed by atoms with van der Waals surface area (Å²) in [6.07, 6.45) is 6.20. The van der Waals surface area contributed by atoms with E-state index < -0.39 is 18.3 Å². The molecule has 3 nitrogen and oxygen atoms in total. The van der Waals surface area contributed by atoms with Gasteiger partial charge in [0.25, 0.3) is 0 Å². The minimum Gasteiger partial charge on any atom is -0.399 e. The highest BCUT2D eigenvalue weighted by Gasteiger charge is 2.52. The lowest BCUT2D eigenvalue weighted by Gasteiger charge is -2.32. The lowest BCUT2D eigenvalue weighted by molar-refractivity contribution is 0.00578. The van der Waals surface area contributed by atoms with Crippen molar-refractivity contribution in [3.05, 3.63) is 29.6 Å². The van der Waals surface area contributed by atoms with Crippen molar-refractivity contribution in [1.82, 2.24) is 5.32 Å². The van der Waals surface area contributed by atoms with E-state index in [1.54, 1.807) is 6.07 Å². The summed E-state index contributed by atoms with van der Waals surface area (Å²) in [4.78, 5) is 0. The predicted octanol–water partition coefficient (Wildman–Crippen LogP) is 3.97. The Bertz CT molecular complexity index is 575. The van der Waals surface area contributed by atoms with Gasteiger partial charge in [-0.15, -0.1) is 12.4 Å². The summed E-state index contributed by atoms with van der Waals surface area (Å²) in [5, 5.41) is 3.53. The smallest absolute Gasteiger partial charge is 0.399 e. The summed E-state index contributed by atoms with van der Waals surface area (Å²) < 4.78 is 26.7. The molecule has 0 bridgehead atoms. The van der Waals surface area contributed by atoms with Crippen LogP contribution in [0.5, 0.6) is 0 Å². The van der Waals surface area contributed by atoms with Gasteiger partial charge in [-0.1, -0.05) is 31.4 Å². The van der Waals surface area contributed by atoms with Crippen LogP contribution in [0.2, 0.25) is 0 Å². The number of benzene rings is 1. The molecule has 1 aromatic carbocycles. The Morgan fingerprint density at radius 3 is 2.28 bits per heavy atom. The SMILES string of the molecule is CC1(C)OB(c2cccc(F)c2CNC2CCCCC2)OC1(C)C.Cl. The fraction of sp³-hybridized carbons (Fsp3) is 0.684. The Balaban J connectivity index is 0.00000225. The van der Waals surface area contributed by atoms with Crippen molar-refractivity contribution in [2.45, 2.75) is 83.6 Å². The van der Waals surface area contributed by atoms with E-state index in [4.69, 9.17) is 9.31 Å². The van der Waals surface area contributed by atoms with Crippen LogP contribution in [0.4, 0.5) is 4.39 Å². The number of hydrogen-bond donors (Lipinski definition) is 1. The molecule has 0 amide bonds. The Morgan fingerprint density at radius 1 is 1.08 bits per heavy atom. The molecule has 2 aliphatic rings. The van der Waals surface area contributed by atoms with Crippen molar-refractivity contribution < 1.29 is 13.7 Å². The summed E-state index contributed by atoms with van der Waals surface area (Å²) in [7, 11) is -0.520. The molecule has 0 spiro atoms. The number of halogens is 2. The van der Waals surface area contributed by atoms with Crippen molar-refractivity contribution in [3.63, 3.8) is 0 Å². The van der Waals surface area contributed by atoms with Crippen LogP contribution in [0.15, 0.2) is 18.2 Å². The van der Waals surface area contributed by atoms with Gasteiger partial charge in [-0.05, 0) is 52.1 Å². The third-order valence-electron chi connectivity index (χ3n) is 5.83. The highest BCUT2D eigenvalue weighted by molar-refractivity contribution is 6.62. The highest BCUT2D eigenvalue weighted by Crippen LogP contribution is 2.36. The first-order valence-electron chi connectivity index (χ1n) is 9.16. The lowest BCUT2D eigenvalue weighted by atomic mass is 9.75. The molecular formula is C19H30BClFNO2. The van der Waals surface area contributed by atoms with Gasteiger partial charge >= 0.3 is 7.12 Å². The first-order chi connectivity index (χ1) is 11.3. The van der Waals surface area contributed by atoms with Gasteiger partial charge in [0.1, 0.15) is 5.82 Å². The summed E-state index contributed by atoms with van der Waals surface area (Å²) in [6.45, 7) is 8.60. The van der Waals surface area contributed by atoms with Gasteiger partial charge in [0.15, 0.2) is 0 Å². The average Bonchev–Trinajstić information content (AvgIpc) is 2.75. The molecule has 2 fully saturated rings. The third kappa shape index (κ3) is 4.38. The molecule has 1 aliphatic heterocycles. The largest absolute Gasteiger partial charge is 0.495 e. The van der Waals surface area contributed by atoms with Gasteiger partial charge in [0.2, 0.25) is 0 Å². The van der Waals surface area contributed by atoms with Crippen LogP contribution >= 0.6 is 12.4 Å². The molecule has 3 rings (SSSR count). The second kappa shape index (κ2) is 7.95. The second-order valence-electron chi connectivity index (χ2n) is 8.11. The van der Waals surface area contributed by atoms with Crippen LogP contribution in [-0.4, -0.2) is 24.4 Å². The van der Waals surface area contributed by atoms with E-state index in [2.05, 4.69) is 5.32 Å². The zero-order chi connectivity index (χ0) is 17.4. The van der Waals surface area contributed by atoms with E-state index in [0.717, 1.165) is 5.46 Å². The van der Waals surface area contributed by atoms with Gasteiger partial charge in [0.05, 0.1) is 11.2 Å². The topological polar surface area (TPSA) is 30.5 Å². The first kappa shape index (κ1) is 20.7. The van der Waals surface area contributed by atoms with Crippen LogP contribution < -0.4 is 10.8 Å². The molecule has 0 aromatic heterocycles. The molecule has 1 aliphatic carbocycles. The predicted molar refractivity (Wildman–Crippen MR) is 103 cm³/mol. The molecule has 0 unspecified atom stereocenters. The maximum atomic E-state index is 14.5. The van der Waals surface area contributed by atoms with E-state index in [-0.39, 0.29) is 18.2 Å². The van der Waals surface area contributed by atoms with Crippen molar-refractivity contribution >= 4 is 25.0 Å². The summed E-state index contributed by atoms with van der Waals surface area (Å²) in [5.41, 5.74) is 0.634. The van der Waals surface area contributed by atoms with E-state index in [1.807, 2.05) is 33.8 Å². The Morgan fingerprint density at radius 2 is 1.68 bits per heavy atom. The molecular weight excluding hydrogens is 339 g/mol. The van der Waals surface area contributed by atoms with Crippen LogP contribution in [0.1, 0.15) is 65.4 Å². The monoisotopic (exact) mass is 369 g/mol.